The lowest BCUT2D eigenvalue weighted by atomic mass is 10.1. The molecule has 0 radical (unpaired) electrons. The zero-order valence-corrected chi connectivity index (χ0v) is 14.2. The van der Waals surface area contributed by atoms with Crippen LogP contribution in [-0.2, 0) is 19.5 Å². The summed E-state index contributed by atoms with van der Waals surface area (Å²) >= 11 is 6.34. The Balaban J connectivity index is 1.73. The van der Waals surface area contributed by atoms with Crippen LogP contribution >= 0.6 is 11.6 Å². The van der Waals surface area contributed by atoms with E-state index in [0.717, 1.165) is 47.4 Å². The summed E-state index contributed by atoms with van der Waals surface area (Å²) in [6, 6.07) is 12.0. The molecule has 0 fully saturated rings. The number of aryl methyl sites for hydroxylation is 1. The highest BCUT2D eigenvalue weighted by atomic mass is 35.5. The summed E-state index contributed by atoms with van der Waals surface area (Å²) in [5.74, 6) is 1.69. The second-order valence-corrected chi connectivity index (χ2v) is 6.27. The number of hydrogen-bond acceptors (Lipinski definition) is 4. The van der Waals surface area contributed by atoms with Crippen LogP contribution in [0, 0.1) is 0 Å². The Bertz CT molecular complexity index is 880. The van der Waals surface area contributed by atoms with Crippen molar-refractivity contribution < 1.29 is 0 Å². The minimum Gasteiger partial charge on any atom is -0.348 e. The second-order valence-electron chi connectivity index (χ2n) is 5.86. The van der Waals surface area contributed by atoms with Gasteiger partial charge in [-0.1, -0.05) is 30.7 Å². The molecule has 1 aliphatic rings. The van der Waals surface area contributed by atoms with Gasteiger partial charge in [-0.3, -0.25) is 4.98 Å². The molecule has 3 heterocycles. The Hall–Kier alpha value is -2.46. The average molecular weight is 337 g/mol. The first kappa shape index (κ1) is 15.1. The number of rotatable bonds is 3. The first-order valence-corrected chi connectivity index (χ1v) is 8.42. The largest absolute Gasteiger partial charge is 0.348 e. The van der Waals surface area contributed by atoms with Crippen molar-refractivity contribution >= 4 is 17.4 Å². The fraction of sp³-hybridized carbons (Fsp3) is 0.211. The second kappa shape index (κ2) is 6.21. The van der Waals surface area contributed by atoms with Gasteiger partial charge in [0.15, 0.2) is 5.82 Å². The van der Waals surface area contributed by atoms with Crippen LogP contribution < -0.4 is 4.90 Å². The summed E-state index contributed by atoms with van der Waals surface area (Å²) in [7, 11) is 0. The number of nitrogens with zero attached hydrogens (tertiary/aromatic N) is 4. The van der Waals surface area contributed by atoms with Crippen LogP contribution in [-0.4, -0.2) is 15.0 Å². The van der Waals surface area contributed by atoms with Crippen LogP contribution in [0.3, 0.4) is 0 Å². The summed E-state index contributed by atoms with van der Waals surface area (Å²) in [4.78, 5) is 15.8. The van der Waals surface area contributed by atoms with Crippen molar-refractivity contribution in [2.75, 3.05) is 4.90 Å². The molecule has 3 aromatic rings. The van der Waals surface area contributed by atoms with Crippen LogP contribution in [0.15, 0.2) is 48.8 Å². The molecule has 0 aliphatic carbocycles. The molecule has 5 heteroatoms. The predicted molar refractivity (Wildman–Crippen MR) is 96.0 cm³/mol. The van der Waals surface area contributed by atoms with E-state index in [-0.39, 0.29) is 0 Å². The van der Waals surface area contributed by atoms with Crippen molar-refractivity contribution in [2.45, 2.75) is 26.4 Å². The quantitative estimate of drug-likeness (QED) is 0.716. The van der Waals surface area contributed by atoms with Gasteiger partial charge >= 0.3 is 0 Å². The maximum Gasteiger partial charge on any atom is 0.161 e. The van der Waals surface area contributed by atoms with Gasteiger partial charge in [0.1, 0.15) is 5.82 Å². The highest BCUT2D eigenvalue weighted by Crippen LogP contribution is 2.32. The molecule has 4 nitrogen and oxygen atoms in total. The van der Waals surface area contributed by atoms with E-state index in [9.17, 15) is 0 Å². The average Bonchev–Trinajstić information content (AvgIpc) is 3.08. The molecule has 2 aromatic heterocycles. The lowest BCUT2D eigenvalue weighted by Crippen LogP contribution is -2.17. The Labute approximate surface area is 146 Å². The Kier molecular flexibility index (Phi) is 3.90. The molecule has 0 unspecified atom stereocenters. The summed E-state index contributed by atoms with van der Waals surface area (Å²) in [5, 5.41) is 0.828. The fourth-order valence-corrected chi connectivity index (χ4v) is 3.25. The molecule has 120 valence electrons. The van der Waals surface area contributed by atoms with Gasteiger partial charge in [0.2, 0.25) is 0 Å². The summed E-state index contributed by atoms with van der Waals surface area (Å²) in [6.07, 6.45) is 4.40. The molecule has 0 atom stereocenters. The van der Waals surface area contributed by atoms with Gasteiger partial charge in [0, 0.05) is 47.8 Å². The van der Waals surface area contributed by atoms with E-state index in [2.05, 4.69) is 33.9 Å². The number of aromatic nitrogens is 3. The number of hydrogen-bond donors (Lipinski definition) is 0. The molecule has 0 bridgehead atoms. The van der Waals surface area contributed by atoms with E-state index >= 15 is 0 Å². The molecular formula is C19H17ClN4. The molecule has 4 rings (SSSR count). The topological polar surface area (TPSA) is 41.9 Å². The van der Waals surface area contributed by atoms with Crippen molar-refractivity contribution in [3.63, 3.8) is 0 Å². The lowest BCUT2D eigenvalue weighted by molar-refractivity contribution is 0.845. The van der Waals surface area contributed by atoms with Crippen molar-refractivity contribution in [3.8, 4) is 11.4 Å². The maximum absolute atomic E-state index is 6.34. The highest BCUT2D eigenvalue weighted by molar-refractivity contribution is 6.31. The summed E-state index contributed by atoms with van der Waals surface area (Å²) in [6.45, 7) is 3.72. The molecule has 0 amide bonds. The first-order valence-electron chi connectivity index (χ1n) is 8.04. The summed E-state index contributed by atoms with van der Waals surface area (Å²) < 4.78 is 0. The maximum atomic E-state index is 6.34. The fourth-order valence-electron chi connectivity index (χ4n) is 3.00. The van der Waals surface area contributed by atoms with E-state index in [1.165, 1.54) is 11.1 Å². The van der Waals surface area contributed by atoms with E-state index < -0.39 is 0 Å². The van der Waals surface area contributed by atoms with E-state index in [4.69, 9.17) is 16.6 Å². The third-order valence-corrected chi connectivity index (χ3v) is 4.67. The van der Waals surface area contributed by atoms with Gasteiger partial charge in [-0.2, -0.15) is 0 Å². The van der Waals surface area contributed by atoms with Gasteiger partial charge in [0.25, 0.3) is 0 Å². The van der Waals surface area contributed by atoms with E-state index in [1.807, 2.05) is 24.3 Å². The van der Waals surface area contributed by atoms with Crippen molar-refractivity contribution in [2.24, 2.45) is 0 Å². The van der Waals surface area contributed by atoms with Gasteiger partial charge in [-0.05, 0) is 35.7 Å². The van der Waals surface area contributed by atoms with Gasteiger partial charge in [-0.15, -0.1) is 0 Å². The van der Waals surface area contributed by atoms with Crippen LogP contribution in [0.1, 0.15) is 23.7 Å². The Morgan fingerprint density at radius 3 is 2.67 bits per heavy atom. The van der Waals surface area contributed by atoms with Gasteiger partial charge in [-0.25, -0.2) is 9.97 Å². The first-order chi connectivity index (χ1) is 11.7. The molecule has 1 aliphatic heterocycles. The molecule has 1 aromatic carbocycles. The smallest absolute Gasteiger partial charge is 0.161 e. The van der Waals surface area contributed by atoms with Crippen LogP contribution in [0.2, 0.25) is 5.02 Å². The third-order valence-electron chi connectivity index (χ3n) is 4.32. The number of pyridine rings is 1. The molecule has 0 saturated heterocycles. The predicted octanol–water partition coefficient (Wildman–Crippen LogP) is 4.27. The molecule has 0 N–H and O–H groups in total. The third kappa shape index (κ3) is 2.74. The van der Waals surface area contributed by atoms with Crippen LogP contribution in [0.25, 0.3) is 11.4 Å². The Morgan fingerprint density at radius 2 is 1.92 bits per heavy atom. The number of halogens is 1. The van der Waals surface area contributed by atoms with Gasteiger partial charge in [0.05, 0.1) is 0 Å². The molecule has 0 saturated carbocycles. The van der Waals surface area contributed by atoms with Crippen LogP contribution in [0.4, 0.5) is 5.82 Å². The zero-order valence-electron chi connectivity index (χ0n) is 13.4. The minimum absolute atomic E-state index is 0.744. The monoisotopic (exact) mass is 336 g/mol. The van der Waals surface area contributed by atoms with Crippen LogP contribution in [0.5, 0.6) is 0 Å². The lowest BCUT2D eigenvalue weighted by Gasteiger charge is -2.18. The number of fused-ring (bicyclic) bond motifs is 1. The molecule has 0 spiro atoms. The SMILES string of the molecule is CCc1cc(N2Cc3cccc(Cl)c3C2)nc(-c2ccncc2)n1. The number of benzene rings is 1. The van der Waals surface area contributed by atoms with Crippen molar-refractivity contribution in [1.82, 2.24) is 15.0 Å². The minimum atomic E-state index is 0.744. The zero-order chi connectivity index (χ0) is 16.5. The standard InChI is InChI=1S/C19H17ClN4/c1-2-15-10-18(23-19(22-15)13-6-8-21-9-7-13)24-11-14-4-3-5-17(20)16(14)12-24/h3-10H,2,11-12H2,1H3. The Morgan fingerprint density at radius 1 is 1.08 bits per heavy atom. The van der Waals surface area contributed by atoms with Gasteiger partial charge < -0.3 is 4.90 Å². The molecule has 24 heavy (non-hydrogen) atoms. The summed E-state index contributed by atoms with van der Waals surface area (Å²) in [5.41, 5.74) is 4.48. The van der Waals surface area contributed by atoms with E-state index in [1.54, 1.807) is 12.4 Å². The number of anilines is 1. The normalized spacial score (nSPS) is 13.2. The van der Waals surface area contributed by atoms with E-state index in [0.29, 0.717) is 0 Å². The van der Waals surface area contributed by atoms with Crippen molar-refractivity contribution in [3.05, 3.63) is 70.6 Å². The van der Waals surface area contributed by atoms with Crippen molar-refractivity contribution in [1.29, 1.82) is 0 Å². The molecular weight excluding hydrogens is 320 g/mol. The highest BCUT2D eigenvalue weighted by Gasteiger charge is 2.23.